The van der Waals surface area contributed by atoms with E-state index in [1.54, 1.807) is 0 Å². The monoisotopic (exact) mass is 416 g/mol. The maximum absolute atomic E-state index is 11.7. The van der Waals surface area contributed by atoms with Gasteiger partial charge in [-0.3, -0.25) is 4.79 Å². The van der Waals surface area contributed by atoms with E-state index in [9.17, 15) is 9.90 Å². The predicted molar refractivity (Wildman–Crippen MR) is 119 cm³/mol. The van der Waals surface area contributed by atoms with E-state index in [2.05, 4.69) is 20.8 Å². The smallest absolute Gasteiger partial charge is 0.305 e. The molecule has 5 rings (SSSR count). The van der Waals surface area contributed by atoms with Gasteiger partial charge in [0.2, 0.25) is 0 Å². The molecular formula is C27H44O3. The second kappa shape index (κ2) is 7.22. The van der Waals surface area contributed by atoms with Gasteiger partial charge in [0.1, 0.15) is 0 Å². The van der Waals surface area contributed by atoms with Crippen LogP contribution in [0, 0.1) is 51.8 Å². The minimum absolute atomic E-state index is 0.0456. The van der Waals surface area contributed by atoms with Crippen LogP contribution in [0.4, 0.5) is 0 Å². The zero-order valence-corrected chi connectivity index (χ0v) is 19.8. The van der Waals surface area contributed by atoms with Crippen LogP contribution in [0.3, 0.4) is 0 Å². The summed E-state index contributed by atoms with van der Waals surface area (Å²) < 4.78 is 4.91. The Kier molecular flexibility index (Phi) is 5.12. The Balaban J connectivity index is 1.39. The molecule has 170 valence electrons. The lowest BCUT2D eigenvalue weighted by Gasteiger charge is -2.64. The Bertz CT molecular complexity index is 684. The fourth-order valence-electron chi connectivity index (χ4n) is 9.88. The summed E-state index contributed by atoms with van der Waals surface area (Å²) in [6.45, 7) is 7.65. The maximum atomic E-state index is 11.7. The molecule has 0 aliphatic heterocycles. The lowest BCUT2D eigenvalue weighted by molar-refractivity contribution is -0.161. The summed E-state index contributed by atoms with van der Waals surface area (Å²) in [5.74, 6) is 4.77. The van der Waals surface area contributed by atoms with Crippen LogP contribution in [-0.4, -0.2) is 24.3 Å². The molecule has 9 atom stereocenters. The van der Waals surface area contributed by atoms with Gasteiger partial charge in [-0.05, 0) is 122 Å². The first-order valence-corrected chi connectivity index (χ1v) is 13.0. The molecule has 0 radical (unpaired) electrons. The van der Waals surface area contributed by atoms with Gasteiger partial charge in [-0.2, -0.15) is 0 Å². The second-order valence-electron chi connectivity index (χ2n) is 12.8. The molecule has 5 aliphatic carbocycles. The average Bonchev–Trinajstić information content (AvgIpc) is 3.39. The first kappa shape index (κ1) is 21.3. The van der Waals surface area contributed by atoms with Gasteiger partial charge in [0.05, 0.1) is 13.2 Å². The summed E-state index contributed by atoms with van der Waals surface area (Å²) in [4.78, 5) is 11.7. The number of hydrogen-bond acceptors (Lipinski definition) is 3. The Morgan fingerprint density at radius 2 is 1.73 bits per heavy atom. The van der Waals surface area contributed by atoms with Gasteiger partial charge in [-0.25, -0.2) is 0 Å². The molecular weight excluding hydrogens is 372 g/mol. The van der Waals surface area contributed by atoms with Crippen molar-refractivity contribution < 1.29 is 14.6 Å². The summed E-state index contributed by atoms with van der Waals surface area (Å²) in [5, 5.41) is 10.4. The van der Waals surface area contributed by atoms with Crippen LogP contribution in [0.1, 0.15) is 97.8 Å². The van der Waals surface area contributed by atoms with Crippen molar-refractivity contribution >= 4 is 5.97 Å². The van der Waals surface area contributed by atoms with E-state index in [1.807, 2.05) is 0 Å². The van der Waals surface area contributed by atoms with Crippen molar-refractivity contribution in [3.8, 4) is 0 Å². The topological polar surface area (TPSA) is 46.5 Å². The number of carbonyl (C=O) groups excluding carboxylic acids is 1. The molecule has 1 spiro atoms. The van der Waals surface area contributed by atoms with E-state index in [0.29, 0.717) is 28.6 Å². The molecule has 1 N–H and O–H groups in total. The van der Waals surface area contributed by atoms with Gasteiger partial charge in [0, 0.05) is 6.42 Å². The summed E-state index contributed by atoms with van der Waals surface area (Å²) >= 11 is 0. The van der Waals surface area contributed by atoms with Crippen molar-refractivity contribution in [3.05, 3.63) is 0 Å². The lowest BCUT2D eigenvalue weighted by atomic mass is 9.41. The first-order valence-electron chi connectivity index (χ1n) is 13.0. The highest BCUT2D eigenvalue weighted by Crippen LogP contribution is 2.77. The van der Waals surface area contributed by atoms with Crippen LogP contribution < -0.4 is 0 Å². The van der Waals surface area contributed by atoms with Crippen molar-refractivity contribution in [2.24, 2.45) is 51.8 Å². The largest absolute Gasteiger partial charge is 0.469 e. The molecule has 3 heteroatoms. The predicted octanol–water partition coefficient (Wildman–Crippen LogP) is 5.99. The van der Waals surface area contributed by atoms with Crippen molar-refractivity contribution in [2.75, 3.05) is 7.11 Å². The molecule has 0 bridgehead atoms. The Morgan fingerprint density at radius 1 is 1.03 bits per heavy atom. The van der Waals surface area contributed by atoms with Crippen LogP contribution >= 0.6 is 0 Å². The minimum Gasteiger partial charge on any atom is -0.469 e. The highest BCUT2D eigenvalue weighted by atomic mass is 16.5. The fraction of sp³-hybridized carbons (Fsp3) is 0.963. The number of hydrogen-bond donors (Lipinski definition) is 1. The van der Waals surface area contributed by atoms with Crippen molar-refractivity contribution in [1.29, 1.82) is 0 Å². The van der Waals surface area contributed by atoms with E-state index in [-0.39, 0.29) is 12.1 Å². The summed E-state index contributed by atoms with van der Waals surface area (Å²) in [6, 6.07) is 0. The molecule has 0 aromatic rings. The molecule has 0 heterocycles. The van der Waals surface area contributed by atoms with E-state index < -0.39 is 0 Å². The summed E-state index contributed by atoms with van der Waals surface area (Å²) in [5.41, 5.74) is 1.54. The number of aliphatic hydroxyl groups excluding tert-OH is 1. The normalized spacial score (nSPS) is 49.6. The number of aliphatic hydroxyl groups is 1. The average molecular weight is 417 g/mol. The molecule has 0 saturated heterocycles. The molecule has 0 aromatic heterocycles. The first-order chi connectivity index (χ1) is 14.2. The van der Waals surface area contributed by atoms with Crippen LogP contribution in [-0.2, 0) is 9.53 Å². The number of rotatable bonds is 4. The van der Waals surface area contributed by atoms with E-state index in [4.69, 9.17) is 4.74 Å². The molecule has 0 amide bonds. The molecule has 5 aliphatic rings. The highest BCUT2D eigenvalue weighted by molar-refractivity contribution is 5.69. The number of ether oxygens (including phenoxy) is 1. The van der Waals surface area contributed by atoms with E-state index in [1.165, 1.54) is 58.5 Å². The number of esters is 1. The third-order valence-electron chi connectivity index (χ3n) is 11.7. The third kappa shape index (κ3) is 3.04. The molecule has 30 heavy (non-hydrogen) atoms. The maximum Gasteiger partial charge on any atom is 0.305 e. The molecule has 0 aromatic carbocycles. The van der Waals surface area contributed by atoms with Gasteiger partial charge in [0.25, 0.3) is 0 Å². The number of fused-ring (bicyclic) bond motifs is 6. The van der Waals surface area contributed by atoms with Crippen molar-refractivity contribution in [2.45, 2.75) is 104 Å². The van der Waals surface area contributed by atoms with Crippen LogP contribution in [0.2, 0.25) is 0 Å². The van der Waals surface area contributed by atoms with Crippen LogP contribution in [0.15, 0.2) is 0 Å². The van der Waals surface area contributed by atoms with Gasteiger partial charge in [-0.15, -0.1) is 0 Å². The van der Waals surface area contributed by atoms with Crippen molar-refractivity contribution in [3.63, 3.8) is 0 Å². The fourth-order valence-corrected chi connectivity index (χ4v) is 9.88. The zero-order chi connectivity index (χ0) is 21.3. The van der Waals surface area contributed by atoms with E-state index in [0.717, 1.165) is 48.9 Å². The lowest BCUT2D eigenvalue weighted by Crippen LogP contribution is -2.57. The quantitative estimate of drug-likeness (QED) is 0.573. The van der Waals surface area contributed by atoms with Gasteiger partial charge in [-0.1, -0.05) is 20.8 Å². The zero-order valence-electron chi connectivity index (χ0n) is 19.8. The van der Waals surface area contributed by atoms with Gasteiger partial charge < -0.3 is 9.84 Å². The van der Waals surface area contributed by atoms with Gasteiger partial charge >= 0.3 is 5.97 Å². The van der Waals surface area contributed by atoms with E-state index >= 15 is 0 Å². The Labute approximate surface area is 183 Å². The molecule has 3 nitrogen and oxygen atoms in total. The Morgan fingerprint density at radius 3 is 2.43 bits per heavy atom. The minimum atomic E-state index is -0.0482. The highest BCUT2D eigenvalue weighted by Gasteiger charge is 2.69. The summed E-state index contributed by atoms with van der Waals surface area (Å²) in [7, 11) is 1.51. The van der Waals surface area contributed by atoms with Crippen molar-refractivity contribution in [1.82, 2.24) is 0 Å². The number of carbonyl (C=O) groups is 1. The van der Waals surface area contributed by atoms with Crippen LogP contribution in [0.25, 0.3) is 0 Å². The van der Waals surface area contributed by atoms with Gasteiger partial charge in [0.15, 0.2) is 0 Å². The SMILES string of the molecule is COC(=O)CC[C@@H](C)[C@H]1CC[C@H]2[C@H]3[C@H](CC[C@]12C)[C@@]1(C)CC[C@H](O)C[C@@H]1CC31CC1. The molecule has 5 saturated carbocycles. The molecule has 5 fully saturated rings. The second-order valence-corrected chi connectivity index (χ2v) is 12.8. The molecule has 0 unspecified atom stereocenters. The van der Waals surface area contributed by atoms with Crippen LogP contribution in [0.5, 0.6) is 0 Å². The third-order valence-corrected chi connectivity index (χ3v) is 11.7. The number of methoxy groups -OCH3 is 1. The standard InChI is InChI=1S/C27H44O3/c1-17(5-8-23(29)30-4)20-6-7-21-24-22(10-12-26(20,21)3)25(2)11-9-19(28)15-18(25)16-27(24)13-14-27/h17-22,24,28H,5-16H2,1-4H3/t17-,18-,19+,20-,21+,22+,24+,25+,26-/m1/s1. The Hall–Kier alpha value is -0.570. The summed E-state index contributed by atoms with van der Waals surface area (Å²) in [6.07, 6.45) is 14.7.